The van der Waals surface area contributed by atoms with E-state index in [1.807, 2.05) is 0 Å². The molecule has 2 rings (SSSR count). The van der Waals surface area contributed by atoms with Crippen LogP contribution in [0.1, 0.15) is 30.1 Å². The Hall–Kier alpha value is -0.770. The fourth-order valence-electron chi connectivity index (χ4n) is 2.16. The first-order valence-corrected chi connectivity index (χ1v) is 6.33. The number of carbonyl (C=O) groups excluding carboxylic acids is 1. The molecule has 0 aliphatic carbocycles. The number of carbonyl (C=O) groups is 1. The highest BCUT2D eigenvalue weighted by Crippen LogP contribution is 2.12. The Balaban J connectivity index is 0.00000162. The van der Waals surface area contributed by atoms with Gasteiger partial charge in [-0.2, -0.15) is 0 Å². The second-order valence-electron chi connectivity index (χ2n) is 4.56. The quantitative estimate of drug-likeness (QED) is 0.878. The minimum Gasteiger partial charge on any atom is -0.349 e. The molecule has 0 saturated carbocycles. The fraction of sp³-hybridized carbons (Fsp3) is 0.462. The van der Waals surface area contributed by atoms with Crippen molar-refractivity contribution in [3.05, 3.63) is 34.9 Å². The van der Waals surface area contributed by atoms with Crippen molar-refractivity contribution in [1.29, 1.82) is 0 Å². The van der Waals surface area contributed by atoms with Crippen molar-refractivity contribution in [1.82, 2.24) is 10.6 Å². The second-order valence-corrected chi connectivity index (χ2v) is 5.00. The Morgan fingerprint density at radius 1 is 1.50 bits per heavy atom. The number of piperidine rings is 1. The summed E-state index contributed by atoms with van der Waals surface area (Å²) in [7, 11) is 0. The van der Waals surface area contributed by atoms with Gasteiger partial charge in [-0.25, -0.2) is 0 Å². The highest BCUT2D eigenvalue weighted by atomic mass is 35.5. The van der Waals surface area contributed by atoms with Gasteiger partial charge in [-0.3, -0.25) is 4.79 Å². The molecule has 3 nitrogen and oxygen atoms in total. The summed E-state index contributed by atoms with van der Waals surface area (Å²) in [5, 5.41) is 7.01. The molecule has 100 valence electrons. The van der Waals surface area contributed by atoms with Gasteiger partial charge in [-0.15, -0.1) is 12.4 Å². The number of nitrogens with one attached hydrogen (secondary N) is 2. The molecule has 1 amide bonds. The zero-order valence-corrected chi connectivity index (χ0v) is 11.9. The standard InChI is InChI=1S/C13H17ClN2O.ClH/c1-9-7-12(5-6-15-9)16-13(17)10-3-2-4-11(14)8-10;/h2-4,8-9,12,15H,5-7H2,1H3,(H,16,17);1H. The minimum atomic E-state index is -0.0356. The lowest BCUT2D eigenvalue weighted by Gasteiger charge is -2.28. The molecule has 1 aliphatic heterocycles. The molecular formula is C13H18Cl2N2O. The van der Waals surface area contributed by atoms with E-state index in [1.165, 1.54) is 0 Å². The normalized spacial score (nSPS) is 23.0. The van der Waals surface area contributed by atoms with E-state index in [4.69, 9.17) is 11.6 Å². The third-order valence-corrected chi connectivity index (χ3v) is 3.28. The van der Waals surface area contributed by atoms with Gasteiger partial charge in [0.25, 0.3) is 5.91 Å². The third-order valence-electron chi connectivity index (χ3n) is 3.05. The molecular weight excluding hydrogens is 271 g/mol. The monoisotopic (exact) mass is 288 g/mol. The van der Waals surface area contributed by atoms with E-state index in [-0.39, 0.29) is 24.4 Å². The van der Waals surface area contributed by atoms with E-state index in [2.05, 4.69) is 17.6 Å². The van der Waals surface area contributed by atoms with Crippen LogP contribution in [0.15, 0.2) is 24.3 Å². The molecule has 2 N–H and O–H groups in total. The number of amides is 1. The van der Waals surface area contributed by atoms with Crippen LogP contribution in [0.2, 0.25) is 5.02 Å². The third kappa shape index (κ3) is 4.16. The highest BCUT2D eigenvalue weighted by Gasteiger charge is 2.20. The summed E-state index contributed by atoms with van der Waals surface area (Å²) < 4.78 is 0. The van der Waals surface area contributed by atoms with Crippen molar-refractivity contribution in [2.75, 3.05) is 6.54 Å². The summed E-state index contributed by atoms with van der Waals surface area (Å²) in [5.41, 5.74) is 0.628. The zero-order valence-electron chi connectivity index (χ0n) is 10.3. The van der Waals surface area contributed by atoms with Crippen LogP contribution in [0.25, 0.3) is 0 Å². The van der Waals surface area contributed by atoms with Gasteiger partial charge >= 0.3 is 0 Å². The predicted octanol–water partition coefficient (Wildman–Crippen LogP) is 2.63. The maximum absolute atomic E-state index is 12.0. The Kier molecular flexibility index (Phi) is 5.93. The van der Waals surface area contributed by atoms with Gasteiger partial charge < -0.3 is 10.6 Å². The van der Waals surface area contributed by atoms with E-state index < -0.39 is 0 Å². The number of benzene rings is 1. The van der Waals surface area contributed by atoms with E-state index in [1.54, 1.807) is 24.3 Å². The fourth-order valence-corrected chi connectivity index (χ4v) is 2.35. The molecule has 1 saturated heterocycles. The van der Waals surface area contributed by atoms with Crippen molar-refractivity contribution >= 4 is 29.9 Å². The number of rotatable bonds is 2. The Bertz CT molecular complexity index is 412. The Labute approximate surface area is 119 Å². The molecule has 1 aliphatic rings. The summed E-state index contributed by atoms with van der Waals surface area (Å²) in [6.45, 7) is 3.10. The second kappa shape index (κ2) is 6.98. The lowest BCUT2D eigenvalue weighted by atomic mass is 10.0. The van der Waals surface area contributed by atoms with Crippen LogP contribution in [-0.4, -0.2) is 24.5 Å². The molecule has 1 aromatic rings. The largest absolute Gasteiger partial charge is 0.349 e. The SMILES string of the molecule is CC1CC(NC(=O)c2cccc(Cl)c2)CCN1.Cl. The van der Waals surface area contributed by atoms with Gasteiger partial charge in [0.05, 0.1) is 0 Å². The van der Waals surface area contributed by atoms with Gasteiger partial charge in [0.2, 0.25) is 0 Å². The molecule has 0 spiro atoms. The first kappa shape index (κ1) is 15.3. The topological polar surface area (TPSA) is 41.1 Å². The first-order chi connectivity index (χ1) is 8.15. The van der Waals surface area contributed by atoms with Crippen LogP contribution in [0.4, 0.5) is 0 Å². The lowest BCUT2D eigenvalue weighted by molar-refractivity contribution is 0.0925. The predicted molar refractivity (Wildman–Crippen MR) is 76.7 cm³/mol. The Morgan fingerprint density at radius 2 is 2.28 bits per heavy atom. The number of halogens is 2. The van der Waals surface area contributed by atoms with Crippen molar-refractivity contribution in [2.45, 2.75) is 31.8 Å². The van der Waals surface area contributed by atoms with Crippen molar-refractivity contribution in [2.24, 2.45) is 0 Å². The smallest absolute Gasteiger partial charge is 0.251 e. The van der Waals surface area contributed by atoms with Crippen LogP contribution >= 0.6 is 24.0 Å². The van der Waals surface area contributed by atoms with E-state index in [0.29, 0.717) is 16.6 Å². The first-order valence-electron chi connectivity index (χ1n) is 5.95. The average Bonchev–Trinajstić information content (AvgIpc) is 2.29. The minimum absolute atomic E-state index is 0. The van der Waals surface area contributed by atoms with Crippen molar-refractivity contribution < 1.29 is 4.79 Å². The lowest BCUT2D eigenvalue weighted by Crippen LogP contribution is -2.46. The number of hydrogen-bond donors (Lipinski definition) is 2. The molecule has 18 heavy (non-hydrogen) atoms. The molecule has 0 bridgehead atoms. The van der Waals surface area contributed by atoms with Gasteiger partial charge in [0.1, 0.15) is 0 Å². The molecule has 2 atom stereocenters. The van der Waals surface area contributed by atoms with Crippen LogP contribution in [0.5, 0.6) is 0 Å². The molecule has 0 aromatic heterocycles. The van der Waals surface area contributed by atoms with E-state index >= 15 is 0 Å². The summed E-state index contributed by atoms with van der Waals surface area (Å²) in [6.07, 6.45) is 1.96. The molecule has 0 radical (unpaired) electrons. The van der Waals surface area contributed by atoms with Crippen LogP contribution in [0, 0.1) is 0 Å². The summed E-state index contributed by atoms with van der Waals surface area (Å²) >= 11 is 5.86. The van der Waals surface area contributed by atoms with Crippen LogP contribution in [0.3, 0.4) is 0 Å². The molecule has 1 aromatic carbocycles. The number of hydrogen-bond acceptors (Lipinski definition) is 2. The van der Waals surface area contributed by atoms with E-state index in [0.717, 1.165) is 19.4 Å². The van der Waals surface area contributed by atoms with Gasteiger partial charge in [-0.05, 0) is 44.5 Å². The molecule has 1 fully saturated rings. The van der Waals surface area contributed by atoms with Crippen molar-refractivity contribution in [3.8, 4) is 0 Å². The average molecular weight is 289 g/mol. The van der Waals surface area contributed by atoms with Gasteiger partial charge in [0.15, 0.2) is 0 Å². The Morgan fingerprint density at radius 3 is 2.94 bits per heavy atom. The highest BCUT2D eigenvalue weighted by molar-refractivity contribution is 6.30. The van der Waals surface area contributed by atoms with Crippen LogP contribution in [-0.2, 0) is 0 Å². The van der Waals surface area contributed by atoms with Gasteiger partial charge in [-0.1, -0.05) is 17.7 Å². The van der Waals surface area contributed by atoms with E-state index in [9.17, 15) is 4.79 Å². The summed E-state index contributed by atoms with van der Waals surface area (Å²) in [6, 6.07) is 7.77. The molecule has 1 heterocycles. The maximum atomic E-state index is 12.0. The van der Waals surface area contributed by atoms with Crippen LogP contribution < -0.4 is 10.6 Å². The maximum Gasteiger partial charge on any atom is 0.251 e. The summed E-state index contributed by atoms with van der Waals surface area (Å²) in [5.74, 6) is -0.0356. The summed E-state index contributed by atoms with van der Waals surface area (Å²) in [4.78, 5) is 12.0. The zero-order chi connectivity index (χ0) is 12.3. The van der Waals surface area contributed by atoms with Crippen molar-refractivity contribution in [3.63, 3.8) is 0 Å². The van der Waals surface area contributed by atoms with Gasteiger partial charge in [0, 0.05) is 22.7 Å². The molecule has 5 heteroatoms. The molecule has 2 unspecified atom stereocenters.